The van der Waals surface area contributed by atoms with Gasteiger partial charge in [-0.3, -0.25) is 37.3 Å². The third-order valence-corrected chi connectivity index (χ3v) is 17.2. The average Bonchev–Trinajstić information content (AvgIpc) is 1.02. The lowest BCUT2D eigenvalue weighted by Crippen LogP contribution is -2.30. The summed E-state index contributed by atoms with van der Waals surface area (Å²) in [4.78, 5) is 72.8. The molecule has 100 heavy (non-hydrogen) atoms. The zero-order valence-corrected chi connectivity index (χ0v) is 63.9. The van der Waals surface area contributed by atoms with E-state index in [1.807, 2.05) is 12.2 Å². The first-order valence-electron chi connectivity index (χ1n) is 38.1. The van der Waals surface area contributed by atoms with Crippen molar-refractivity contribution in [3.63, 3.8) is 0 Å². The highest BCUT2D eigenvalue weighted by Crippen LogP contribution is 2.45. The van der Waals surface area contributed by atoms with E-state index in [-0.39, 0.29) is 25.7 Å². The van der Waals surface area contributed by atoms with Gasteiger partial charge in [0.2, 0.25) is 0 Å². The summed E-state index contributed by atoms with van der Waals surface area (Å²) in [7, 11) is -9.98. The van der Waals surface area contributed by atoms with E-state index in [0.717, 1.165) is 161 Å². The molecule has 0 bridgehead atoms. The second kappa shape index (κ2) is 72.3. The molecular formula is C81H134O17P2. The number of phosphoric ester groups is 2. The minimum absolute atomic E-state index is 0.0621. The quantitative estimate of drug-likeness (QED) is 0.0169. The molecule has 17 nitrogen and oxygen atoms in total. The molecule has 0 spiro atoms. The fourth-order valence-corrected chi connectivity index (χ4v) is 11.1. The number of ether oxygens (including phenoxy) is 4. The molecule has 0 aliphatic heterocycles. The van der Waals surface area contributed by atoms with Crippen LogP contribution in [0.2, 0.25) is 0 Å². The average molecular weight is 1440 g/mol. The Morgan fingerprint density at radius 2 is 0.550 bits per heavy atom. The zero-order valence-electron chi connectivity index (χ0n) is 62.1. The predicted molar refractivity (Wildman–Crippen MR) is 408 cm³/mol. The Morgan fingerprint density at radius 1 is 0.290 bits per heavy atom. The molecule has 0 aromatic rings. The fourth-order valence-electron chi connectivity index (χ4n) is 9.55. The molecule has 570 valence electrons. The molecule has 3 N–H and O–H groups in total. The van der Waals surface area contributed by atoms with Crippen LogP contribution in [0.3, 0.4) is 0 Å². The lowest BCUT2D eigenvalue weighted by atomic mass is 10.1. The van der Waals surface area contributed by atoms with E-state index in [0.29, 0.717) is 32.1 Å². The number of hydrogen-bond acceptors (Lipinski definition) is 15. The number of carbonyl (C=O) groups excluding carboxylic acids is 4. The molecule has 0 aromatic carbocycles. The normalized spacial score (nSPS) is 14.8. The fraction of sp³-hybridized carbons (Fsp3) is 0.654. The largest absolute Gasteiger partial charge is 0.472 e. The summed E-state index contributed by atoms with van der Waals surface area (Å²) < 4.78 is 68.3. The number of esters is 4. The molecule has 0 heterocycles. The van der Waals surface area contributed by atoms with Crippen molar-refractivity contribution in [2.75, 3.05) is 39.6 Å². The molecule has 0 aliphatic rings. The molecule has 0 rings (SSSR count). The van der Waals surface area contributed by atoms with Crippen LogP contribution in [0.25, 0.3) is 0 Å². The minimum Gasteiger partial charge on any atom is -0.462 e. The summed E-state index contributed by atoms with van der Waals surface area (Å²) in [5.74, 6) is -2.30. The SMILES string of the molecule is CC/C=C\C/C=C\C/C=C\C/C=C\C/C=C\CCCCCC(=O)OCC(COP(=O)(O)OCC(O)COP(=O)(O)OCC(COC(=O)CCC/C=C\C/C=C\C/C=C\C/C=C\C/C=C\CC)OC(=O)CCCCCCC/C=C\C/C=C\CCC)OC(=O)CCCCCCCCCCCCC. The maximum Gasteiger partial charge on any atom is 0.472 e. The van der Waals surface area contributed by atoms with Crippen molar-refractivity contribution in [2.24, 2.45) is 0 Å². The third kappa shape index (κ3) is 71.3. The van der Waals surface area contributed by atoms with Crippen molar-refractivity contribution in [1.82, 2.24) is 0 Å². The second-order valence-corrected chi connectivity index (χ2v) is 27.7. The number of aliphatic hydroxyl groups excluding tert-OH is 1. The summed E-state index contributed by atoms with van der Waals surface area (Å²) >= 11 is 0. The van der Waals surface area contributed by atoms with Gasteiger partial charge in [-0.1, -0.05) is 270 Å². The number of phosphoric acid groups is 2. The Labute approximate surface area is 605 Å². The highest BCUT2D eigenvalue weighted by atomic mass is 31.2. The summed E-state index contributed by atoms with van der Waals surface area (Å²) in [6.07, 6.45) is 81.4. The van der Waals surface area contributed by atoms with Gasteiger partial charge < -0.3 is 33.8 Å². The summed E-state index contributed by atoms with van der Waals surface area (Å²) in [5, 5.41) is 10.6. The van der Waals surface area contributed by atoms with Crippen LogP contribution in [0.5, 0.6) is 0 Å². The van der Waals surface area contributed by atoms with E-state index in [2.05, 4.69) is 161 Å². The van der Waals surface area contributed by atoms with Crippen molar-refractivity contribution in [3.8, 4) is 0 Å². The highest BCUT2D eigenvalue weighted by molar-refractivity contribution is 7.47. The molecule has 5 atom stereocenters. The molecule has 0 saturated carbocycles. The predicted octanol–water partition coefficient (Wildman–Crippen LogP) is 21.9. The van der Waals surface area contributed by atoms with Crippen LogP contribution in [0.1, 0.15) is 285 Å². The Morgan fingerprint density at radius 3 is 0.890 bits per heavy atom. The first kappa shape index (κ1) is 94.9. The smallest absolute Gasteiger partial charge is 0.462 e. The molecule has 0 fully saturated rings. The number of unbranched alkanes of at least 4 members (excludes halogenated alkanes) is 20. The van der Waals surface area contributed by atoms with Crippen LogP contribution in [-0.2, 0) is 65.4 Å². The number of carbonyl (C=O) groups is 4. The topological polar surface area (TPSA) is 237 Å². The van der Waals surface area contributed by atoms with Crippen LogP contribution in [0.15, 0.2) is 146 Å². The van der Waals surface area contributed by atoms with Crippen molar-refractivity contribution in [3.05, 3.63) is 146 Å². The molecular weight excluding hydrogens is 1310 g/mol. The number of rotatable bonds is 70. The van der Waals surface area contributed by atoms with Crippen LogP contribution < -0.4 is 0 Å². The molecule has 0 saturated heterocycles. The van der Waals surface area contributed by atoms with Gasteiger partial charge in [0.05, 0.1) is 26.4 Å². The van der Waals surface area contributed by atoms with Gasteiger partial charge in [-0.2, -0.15) is 0 Å². The van der Waals surface area contributed by atoms with E-state index >= 15 is 0 Å². The van der Waals surface area contributed by atoms with Gasteiger partial charge in [0.15, 0.2) is 12.2 Å². The van der Waals surface area contributed by atoms with Crippen LogP contribution >= 0.6 is 15.6 Å². The second-order valence-electron chi connectivity index (χ2n) is 24.8. The van der Waals surface area contributed by atoms with E-state index in [1.165, 1.54) is 38.5 Å². The van der Waals surface area contributed by atoms with Gasteiger partial charge >= 0.3 is 39.5 Å². The minimum atomic E-state index is -4.99. The maximum atomic E-state index is 13.1. The van der Waals surface area contributed by atoms with Crippen molar-refractivity contribution >= 4 is 39.5 Å². The van der Waals surface area contributed by atoms with Crippen molar-refractivity contribution in [1.29, 1.82) is 0 Å². The van der Waals surface area contributed by atoms with E-state index < -0.39 is 97.5 Å². The van der Waals surface area contributed by atoms with Gasteiger partial charge in [0, 0.05) is 25.7 Å². The summed E-state index contributed by atoms with van der Waals surface area (Å²) in [6, 6.07) is 0. The Bertz CT molecular complexity index is 2470. The first-order valence-corrected chi connectivity index (χ1v) is 41.1. The van der Waals surface area contributed by atoms with Crippen molar-refractivity contribution < 1.29 is 80.2 Å². The monoisotopic (exact) mass is 1440 g/mol. The third-order valence-electron chi connectivity index (χ3n) is 15.3. The van der Waals surface area contributed by atoms with E-state index in [9.17, 15) is 43.2 Å². The highest BCUT2D eigenvalue weighted by Gasteiger charge is 2.30. The van der Waals surface area contributed by atoms with E-state index in [1.54, 1.807) is 0 Å². The lowest BCUT2D eigenvalue weighted by Gasteiger charge is -2.21. The lowest BCUT2D eigenvalue weighted by molar-refractivity contribution is -0.161. The Balaban J connectivity index is 5.40. The Kier molecular flexibility index (Phi) is 68.6. The van der Waals surface area contributed by atoms with E-state index in [4.69, 9.17) is 37.0 Å². The van der Waals surface area contributed by atoms with Crippen LogP contribution in [0.4, 0.5) is 0 Å². The Hall–Kier alpha value is -5.06. The first-order chi connectivity index (χ1) is 48.7. The molecule has 0 amide bonds. The number of hydrogen-bond donors (Lipinski definition) is 3. The molecule has 5 unspecified atom stereocenters. The van der Waals surface area contributed by atoms with Gasteiger partial charge in [0.25, 0.3) is 0 Å². The number of aliphatic hydroxyl groups is 1. The van der Waals surface area contributed by atoms with Crippen LogP contribution in [-0.4, -0.2) is 96.7 Å². The van der Waals surface area contributed by atoms with Crippen LogP contribution in [0, 0.1) is 0 Å². The number of allylic oxidation sites excluding steroid dienone is 24. The standard InChI is InChI=1S/C81H134O17P2/c1-5-9-13-17-21-25-29-32-34-36-37-39-41-44-47-50-54-58-62-66-78(83)91-71-76(97-80(85)67-63-59-55-51-45-28-24-20-16-12-8-4)73-95-99(87,88)93-69-75(82)70-94-100(89,90)96-74-77(98-81(86)68-64-60-56-52-48-42-31-27-23-19-15-11-7-3)72-92-79(84)65-61-57-53-49-46-43-40-38-35-33-30-26-22-18-14-10-6-2/h9-10,13-15,19,21-22,25-27,31-35,37,39-40,43-44,47,49,53,75-77,82H,5-8,11-12,16-18,20,23-24,28-30,36,38,41-42,45-46,48,50-52,54-74H2,1-4H3,(H,87,88)(H,89,90)/b13-9-,14-10-,19-15-,25-21-,26-22-,31-27-,34-32-,35-33-,39-37-,43-40-,47-44-,53-49-. The summed E-state index contributed by atoms with van der Waals surface area (Å²) in [5.41, 5.74) is 0. The summed E-state index contributed by atoms with van der Waals surface area (Å²) in [6.45, 7) is 4.44. The van der Waals surface area contributed by atoms with Gasteiger partial charge in [0.1, 0.15) is 19.3 Å². The van der Waals surface area contributed by atoms with Crippen molar-refractivity contribution in [2.45, 2.75) is 303 Å². The molecule has 0 aliphatic carbocycles. The van der Waals surface area contributed by atoms with Gasteiger partial charge in [-0.15, -0.1) is 0 Å². The molecule has 0 radical (unpaired) electrons. The zero-order chi connectivity index (χ0) is 73.2. The maximum absolute atomic E-state index is 13.1. The van der Waals surface area contributed by atoms with Gasteiger partial charge in [-0.05, 0) is 135 Å². The molecule has 19 heteroatoms. The van der Waals surface area contributed by atoms with Gasteiger partial charge in [-0.25, -0.2) is 9.13 Å². The molecule has 0 aromatic heterocycles.